The number of amides is 2. The van der Waals surface area contributed by atoms with Gasteiger partial charge in [-0.1, -0.05) is 56.0 Å². The fraction of sp³-hybridized carbons (Fsp3) is 0.412. The molecule has 1 saturated carbocycles. The number of hydrogen-bond donors (Lipinski definition) is 1. The fourth-order valence-corrected chi connectivity index (χ4v) is 7.00. The van der Waals surface area contributed by atoms with Gasteiger partial charge < -0.3 is 19.7 Å². The zero-order valence-electron chi connectivity index (χ0n) is 26.3. The van der Waals surface area contributed by atoms with Crippen LogP contribution in [0.3, 0.4) is 0 Å². The highest BCUT2D eigenvalue weighted by Gasteiger charge is 2.34. The van der Waals surface area contributed by atoms with Crippen molar-refractivity contribution in [1.82, 2.24) is 10.2 Å². The van der Waals surface area contributed by atoms with E-state index in [1.165, 1.54) is 55.5 Å². The van der Waals surface area contributed by atoms with Crippen LogP contribution in [0, 0.1) is 12.7 Å². The second-order valence-corrected chi connectivity index (χ2v) is 13.1. The average molecular weight is 640 g/mol. The standard InChI is InChI=1S/C34H42FN3O6S/c1-5-30(34(40)36-27-9-7-6-8-10-27)37(22-25-13-15-26(35)16-14-25)33(39)23-38(28-17-20-31(43-3)32(21-28)44-4)45(41,42)29-18-11-24(2)12-19-29/h11-21,27,30H,5-10,22-23H2,1-4H3,(H,36,40)/t30-/m0/s1. The zero-order chi connectivity index (χ0) is 32.6. The average Bonchev–Trinajstić information content (AvgIpc) is 3.04. The highest BCUT2D eigenvalue weighted by molar-refractivity contribution is 7.92. The molecule has 0 saturated heterocycles. The molecule has 45 heavy (non-hydrogen) atoms. The largest absolute Gasteiger partial charge is 0.493 e. The van der Waals surface area contributed by atoms with E-state index in [4.69, 9.17) is 9.47 Å². The summed E-state index contributed by atoms with van der Waals surface area (Å²) < 4.78 is 53.9. The number of methoxy groups -OCH3 is 2. The van der Waals surface area contributed by atoms with Gasteiger partial charge in [0.2, 0.25) is 11.8 Å². The minimum atomic E-state index is -4.26. The normalized spacial score (nSPS) is 14.3. The second-order valence-electron chi connectivity index (χ2n) is 11.3. The molecule has 0 heterocycles. The van der Waals surface area contributed by atoms with Crippen LogP contribution >= 0.6 is 0 Å². The summed E-state index contributed by atoms with van der Waals surface area (Å²) in [5.74, 6) is -0.631. The Labute approximate surface area is 265 Å². The maximum Gasteiger partial charge on any atom is 0.264 e. The summed E-state index contributed by atoms with van der Waals surface area (Å²) in [4.78, 5) is 29.4. The molecule has 11 heteroatoms. The Morgan fingerprint density at radius 3 is 2.18 bits per heavy atom. The SMILES string of the molecule is CC[C@@H](C(=O)NC1CCCCC1)N(Cc1ccc(F)cc1)C(=O)CN(c1ccc(OC)c(OC)c1)S(=O)(=O)c1ccc(C)cc1. The highest BCUT2D eigenvalue weighted by Crippen LogP contribution is 2.34. The van der Waals surface area contributed by atoms with Gasteiger partial charge in [-0.2, -0.15) is 0 Å². The number of carbonyl (C=O) groups is 2. The third kappa shape index (κ3) is 8.33. The lowest BCUT2D eigenvalue weighted by atomic mass is 9.95. The molecule has 0 aromatic heterocycles. The summed E-state index contributed by atoms with van der Waals surface area (Å²) in [7, 11) is -1.35. The van der Waals surface area contributed by atoms with Gasteiger partial charge in [-0.25, -0.2) is 12.8 Å². The van der Waals surface area contributed by atoms with E-state index in [1.54, 1.807) is 30.3 Å². The molecule has 9 nitrogen and oxygen atoms in total. The van der Waals surface area contributed by atoms with E-state index in [-0.39, 0.29) is 34.8 Å². The van der Waals surface area contributed by atoms with E-state index < -0.39 is 34.3 Å². The van der Waals surface area contributed by atoms with Gasteiger partial charge in [0.05, 0.1) is 24.8 Å². The molecule has 242 valence electrons. The van der Waals surface area contributed by atoms with Gasteiger partial charge >= 0.3 is 0 Å². The molecule has 0 spiro atoms. The Bertz CT molecular complexity index is 1560. The molecule has 0 radical (unpaired) electrons. The van der Waals surface area contributed by atoms with Gasteiger partial charge in [0.1, 0.15) is 18.4 Å². The number of nitrogens with one attached hydrogen (secondary N) is 1. The Kier molecular flexibility index (Phi) is 11.4. The van der Waals surface area contributed by atoms with E-state index in [2.05, 4.69) is 5.32 Å². The first-order chi connectivity index (χ1) is 21.6. The van der Waals surface area contributed by atoms with Crippen LogP contribution in [0.25, 0.3) is 0 Å². The van der Waals surface area contributed by atoms with Crippen molar-refractivity contribution in [1.29, 1.82) is 0 Å². The van der Waals surface area contributed by atoms with Crippen molar-refractivity contribution in [2.45, 2.75) is 75.9 Å². The number of hydrogen-bond acceptors (Lipinski definition) is 6. The van der Waals surface area contributed by atoms with Gasteiger partial charge in [-0.05, 0) is 68.1 Å². The molecule has 2 amide bonds. The molecular formula is C34H42FN3O6S. The number of rotatable bonds is 13. The van der Waals surface area contributed by atoms with Crippen molar-refractivity contribution < 1.29 is 31.9 Å². The number of halogens is 1. The van der Waals surface area contributed by atoms with E-state index in [1.807, 2.05) is 13.8 Å². The summed E-state index contributed by atoms with van der Waals surface area (Å²) >= 11 is 0. The summed E-state index contributed by atoms with van der Waals surface area (Å²) in [6.45, 7) is 3.05. The summed E-state index contributed by atoms with van der Waals surface area (Å²) in [5.41, 5.74) is 1.67. The van der Waals surface area contributed by atoms with Crippen LogP contribution in [0.4, 0.5) is 10.1 Å². The number of sulfonamides is 1. The molecule has 0 unspecified atom stereocenters. The van der Waals surface area contributed by atoms with Crippen LogP contribution in [0.2, 0.25) is 0 Å². The zero-order valence-corrected chi connectivity index (χ0v) is 27.1. The molecule has 1 atom stereocenters. The smallest absolute Gasteiger partial charge is 0.264 e. The third-order valence-electron chi connectivity index (χ3n) is 8.15. The molecule has 1 aliphatic carbocycles. The van der Waals surface area contributed by atoms with Crippen LogP contribution in [0.1, 0.15) is 56.6 Å². The van der Waals surface area contributed by atoms with Crippen molar-refractivity contribution in [3.8, 4) is 11.5 Å². The summed E-state index contributed by atoms with van der Waals surface area (Å²) in [6, 6.07) is 15.8. The first-order valence-corrected chi connectivity index (χ1v) is 16.7. The second kappa shape index (κ2) is 15.2. The molecule has 1 fully saturated rings. The van der Waals surface area contributed by atoms with Crippen LogP contribution in [0.5, 0.6) is 11.5 Å². The minimum Gasteiger partial charge on any atom is -0.493 e. The molecule has 4 rings (SSSR count). The summed E-state index contributed by atoms with van der Waals surface area (Å²) in [5, 5.41) is 3.12. The van der Waals surface area contributed by atoms with Gasteiger partial charge in [0.25, 0.3) is 10.0 Å². The van der Waals surface area contributed by atoms with Crippen LogP contribution in [-0.2, 0) is 26.2 Å². The number of ether oxygens (including phenoxy) is 2. The Morgan fingerprint density at radius 2 is 1.58 bits per heavy atom. The minimum absolute atomic E-state index is 0.00264. The predicted molar refractivity (Wildman–Crippen MR) is 171 cm³/mol. The lowest BCUT2D eigenvalue weighted by Gasteiger charge is -2.34. The molecule has 3 aromatic rings. The third-order valence-corrected chi connectivity index (χ3v) is 9.93. The molecule has 0 bridgehead atoms. The first kappa shape index (κ1) is 33.8. The van der Waals surface area contributed by atoms with Crippen molar-refractivity contribution >= 4 is 27.5 Å². The number of nitrogens with zero attached hydrogens (tertiary/aromatic N) is 2. The van der Waals surface area contributed by atoms with Crippen molar-refractivity contribution in [2.24, 2.45) is 0 Å². The van der Waals surface area contributed by atoms with E-state index in [0.29, 0.717) is 17.7 Å². The predicted octanol–water partition coefficient (Wildman–Crippen LogP) is 5.60. The maximum atomic E-state index is 14.3. The monoisotopic (exact) mass is 639 g/mol. The topological polar surface area (TPSA) is 105 Å². The van der Waals surface area contributed by atoms with Crippen LogP contribution < -0.4 is 19.1 Å². The molecule has 0 aliphatic heterocycles. The van der Waals surface area contributed by atoms with E-state index in [0.717, 1.165) is 42.0 Å². The molecule has 1 N–H and O–H groups in total. The van der Waals surface area contributed by atoms with Crippen LogP contribution in [-0.4, -0.2) is 58.0 Å². The van der Waals surface area contributed by atoms with E-state index in [9.17, 15) is 22.4 Å². The highest BCUT2D eigenvalue weighted by atomic mass is 32.2. The Morgan fingerprint density at radius 1 is 0.933 bits per heavy atom. The quantitative estimate of drug-likeness (QED) is 0.261. The van der Waals surface area contributed by atoms with Crippen LogP contribution in [0.15, 0.2) is 71.6 Å². The molecular weight excluding hydrogens is 597 g/mol. The number of benzene rings is 3. The Hall–Kier alpha value is -4.12. The molecule has 3 aromatic carbocycles. The van der Waals surface area contributed by atoms with Gasteiger partial charge in [-0.3, -0.25) is 13.9 Å². The first-order valence-electron chi connectivity index (χ1n) is 15.2. The fourth-order valence-electron chi connectivity index (χ4n) is 5.60. The molecule has 1 aliphatic rings. The van der Waals surface area contributed by atoms with Gasteiger partial charge in [-0.15, -0.1) is 0 Å². The van der Waals surface area contributed by atoms with Gasteiger partial charge in [0, 0.05) is 18.7 Å². The lowest BCUT2D eigenvalue weighted by Crippen LogP contribution is -2.54. The summed E-state index contributed by atoms with van der Waals surface area (Å²) in [6.07, 6.45) is 5.22. The van der Waals surface area contributed by atoms with Crippen molar-refractivity contribution in [3.05, 3.63) is 83.7 Å². The van der Waals surface area contributed by atoms with E-state index >= 15 is 0 Å². The Balaban J connectivity index is 1.74. The number of aryl methyl sites for hydroxylation is 1. The van der Waals surface area contributed by atoms with Crippen molar-refractivity contribution in [2.75, 3.05) is 25.1 Å². The number of anilines is 1. The number of carbonyl (C=O) groups excluding carboxylic acids is 2. The lowest BCUT2D eigenvalue weighted by molar-refractivity contribution is -0.140. The maximum absolute atomic E-state index is 14.3. The van der Waals surface area contributed by atoms with Crippen molar-refractivity contribution in [3.63, 3.8) is 0 Å². The van der Waals surface area contributed by atoms with Gasteiger partial charge in [0.15, 0.2) is 11.5 Å².